The first-order valence-corrected chi connectivity index (χ1v) is 10.8. The Balaban J connectivity index is 1.80. The lowest BCUT2D eigenvalue weighted by molar-refractivity contribution is -0.148. The number of hydrogen-bond acceptors (Lipinski definition) is 5. The molecule has 1 saturated carbocycles. The molecule has 1 amide bonds. The Morgan fingerprint density at radius 2 is 2.08 bits per heavy atom. The predicted octanol–water partition coefficient (Wildman–Crippen LogP) is 4.17. The summed E-state index contributed by atoms with van der Waals surface area (Å²) >= 11 is 3.21. The summed E-state index contributed by atoms with van der Waals surface area (Å²) in [5, 5.41) is 2.02. The fourth-order valence-corrected chi connectivity index (χ4v) is 5.87. The van der Waals surface area contributed by atoms with Crippen LogP contribution in [0.15, 0.2) is 17.5 Å². The highest BCUT2D eigenvalue weighted by atomic mass is 32.2. The second-order valence-corrected chi connectivity index (χ2v) is 8.59. The SMILES string of the molecule is CCCOC(=O)C1CSC(C2CCCCC2)N1C(=O)c1cccs1. The summed E-state index contributed by atoms with van der Waals surface area (Å²) in [4.78, 5) is 28.1. The molecule has 4 nitrogen and oxygen atoms in total. The summed E-state index contributed by atoms with van der Waals surface area (Å²) in [6, 6.07) is 3.30. The van der Waals surface area contributed by atoms with Crippen molar-refractivity contribution in [2.75, 3.05) is 12.4 Å². The van der Waals surface area contributed by atoms with Gasteiger partial charge >= 0.3 is 5.97 Å². The van der Waals surface area contributed by atoms with E-state index in [1.54, 1.807) is 11.8 Å². The number of nitrogens with zero attached hydrogens (tertiary/aromatic N) is 1. The fourth-order valence-electron chi connectivity index (χ4n) is 3.58. The van der Waals surface area contributed by atoms with Gasteiger partial charge in [0.05, 0.1) is 16.9 Å². The Hall–Kier alpha value is -1.01. The van der Waals surface area contributed by atoms with Gasteiger partial charge in [0.1, 0.15) is 6.04 Å². The molecule has 1 saturated heterocycles. The lowest BCUT2D eigenvalue weighted by Crippen LogP contribution is -2.48. The summed E-state index contributed by atoms with van der Waals surface area (Å²) < 4.78 is 5.37. The molecule has 0 radical (unpaired) electrons. The van der Waals surface area contributed by atoms with Gasteiger partial charge in [-0.2, -0.15) is 0 Å². The molecule has 0 bridgehead atoms. The van der Waals surface area contributed by atoms with Crippen molar-refractivity contribution in [1.82, 2.24) is 4.90 Å². The largest absolute Gasteiger partial charge is 0.464 e. The van der Waals surface area contributed by atoms with Crippen LogP contribution in [0.4, 0.5) is 0 Å². The highest BCUT2D eigenvalue weighted by Crippen LogP contribution is 2.41. The first-order valence-electron chi connectivity index (χ1n) is 8.86. The minimum absolute atomic E-state index is 0.0102. The number of thiophene rings is 1. The van der Waals surface area contributed by atoms with Crippen molar-refractivity contribution in [3.8, 4) is 0 Å². The summed E-state index contributed by atoms with van der Waals surface area (Å²) in [6.07, 6.45) is 6.86. The van der Waals surface area contributed by atoms with Crippen molar-refractivity contribution in [3.63, 3.8) is 0 Å². The zero-order valence-corrected chi connectivity index (χ0v) is 15.7. The smallest absolute Gasteiger partial charge is 0.329 e. The predicted molar refractivity (Wildman–Crippen MR) is 98.3 cm³/mol. The van der Waals surface area contributed by atoms with Crippen LogP contribution in [0.5, 0.6) is 0 Å². The molecule has 1 aromatic heterocycles. The Bertz CT molecular complexity index is 555. The minimum atomic E-state index is -0.442. The van der Waals surface area contributed by atoms with E-state index in [0.29, 0.717) is 23.2 Å². The summed E-state index contributed by atoms with van der Waals surface area (Å²) in [7, 11) is 0. The van der Waals surface area contributed by atoms with Crippen LogP contribution in [0, 0.1) is 5.92 Å². The molecule has 0 spiro atoms. The number of ether oxygens (including phenoxy) is 1. The number of thioether (sulfide) groups is 1. The number of carbonyl (C=O) groups excluding carboxylic acids is 2. The maximum absolute atomic E-state index is 13.1. The summed E-state index contributed by atoms with van der Waals surface area (Å²) in [6.45, 7) is 2.41. The molecule has 1 aliphatic heterocycles. The van der Waals surface area contributed by atoms with Crippen LogP contribution in [0.1, 0.15) is 55.1 Å². The second-order valence-electron chi connectivity index (χ2n) is 6.50. The maximum Gasteiger partial charge on any atom is 0.329 e. The van der Waals surface area contributed by atoms with E-state index < -0.39 is 6.04 Å². The Morgan fingerprint density at radius 3 is 2.75 bits per heavy atom. The molecule has 24 heavy (non-hydrogen) atoms. The highest BCUT2D eigenvalue weighted by molar-refractivity contribution is 8.00. The van der Waals surface area contributed by atoms with Crippen molar-refractivity contribution in [2.24, 2.45) is 5.92 Å². The van der Waals surface area contributed by atoms with E-state index >= 15 is 0 Å². The quantitative estimate of drug-likeness (QED) is 0.733. The number of esters is 1. The van der Waals surface area contributed by atoms with E-state index in [1.165, 1.54) is 30.6 Å². The average Bonchev–Trinajstić information content (AvgIpc) is 3.29. The van der Waals surface area contributed by atoms with Crippen LogP contribution in [0.3, 0.4) is 0 Å². The maximum atomic E-state index is 13.1. The monoisotopic (exact) mass is 367 g/mol. The summed E-state index contributed by atoms with van der Waals surface area (Å²) in [5.74, 6) is 0.897. The average molecular weight is 368 g/mol. The molecular formula is C18H25NO3S2. The summed E-state index contributed by atoms with van der Waals surface area (Å²) in [5.41, 5.74) is 0. The lowest BCUT2D eigenvalue weighted by Gasteiger charge is -2.35. The zero-order chi connectivity index (χ0) is 16.9. The first kappa shape index (κ1) is 17.8. The van der Waals surface area contributed by atoms with E-state index in [9.17, 15) is 9.59 Å². The van der Waals surface area contributed by atoms with Crippen molar-refractivity contribution in [3.05, 3.63) is 22.4 Å². The minimum Gasteiger partial charge on any atom is -0.464 e. The first-order chi connectivity index (χ1) is 11.7. The molecule has 1 aliphatic carbocycles. The molecule has 2 aliphatic rings. The molecule has 3 rings (SSSR count). The van der Waals surface area contributed by atoms with Crippen LogP contribution in [-0.4, -0.2) is 40.6 Å². The van der Waals surface area contributed by atoms with E-state index in [2.05, 4.69) is 0 Å². The number of carbonyl (C=O) groups is 2. The van der Waals surface area contributed by atoms with Crippen LogP contribution < -0.4 is 0 Å². The fraction of sp³-hybridized carbons (Fsp3) is 0.667. The highest BCUT2D eigenvalue weighted by Gasteiger charge is 2.46. The van der Waals surface area contributed by atoms with Gasteiger partial charge in [0.25, 0.3) is 5.91 Å². The number of hydrogen-bond donors (Lipinski definition) is 0. The number of rotatable bonds is 5. The normalized spacial score (nSPS) is 25.0. The Kier molecular flexibility index (Phi) is 6.22. The van der Waals surface area contributed by atoms with E-state index in [1.807, 2.05) is 29.3 Å². The third-order valence-electron chi connectivity index (χ3n) is 4.77. The number of amides is 1. The van der Waals surface area contributed by atoms with Gasteiger partial charge < -0.3 is 9.64 Å². The van der Waals surface area contributed by atoms with Gasteiger partial charge in [-0.15, -0.1) is 23.1 Å². The van der Waals surface area contributed by atoms with Crippen LogP contribution >= 0.6 is 23.1 Å². The van der Waals surface area contributed by atoms with E-state index in [-0.39, 0.29) is 17.3 Å². The Morgan fingerprint density at radius 1 is 1.29 bits per heavy atom. The molecular weight excluding hydrogens is 342 g/mol. The topological polar surface area (TPSA) is 46.6 Å². The van der Waals surface area contributed by atoms with Gasteiger partial charge in [0.2, 0.25) is 0 Å². The second kappa shape index (κ2) is 8.39. The lowest BCUT2D eigenvalue weighted by atomic mass is 9.88. The molecule has 1 aromatic rings. The van der Waals surface area contributed by atoms with Crippen LogP contribution in [-0.2, 0) is 9.53 Å². The molecule has 132 valence electrons. The van der Waals surface area contributed by atoms with E-state index in [4.69, 9.17) is 4.74 Å². The third-order valence-corrected chi connectivity index (χ3v) is 7.09. The van der Waals surface area contributed by atoms with Crippen molar-refractivity contribution in [1.29, 1.82) is 0 Å². The standard InChI is InChI=1S/C18H25NO3S2/c1-2-10-22-18(21)14-12-24-17(13-7-4-3-5-8-13)19(14)16(20)15-9-6-11-23-15/h6,9,11,13-14,17H,2-5,7-8,10,12H2,1H3. The van der Waals surface area contributed by atoms with Gasteiger partial charge in [-0.25, -0.2) is 4.79 Å². The van der Waals surface area contributed by atoms with Crippen molar-refractivity contribution >= 4 is 35.0 Å². The van der Waals surface area contributed by atoms with Gasteiger partial charge in [0.15, 0.2) is 0 Å². The Labute approximate surface area is 151 Å². The molecule has 6 heteroatoms. The zero-order valence-electron chi connectivity index (χ0n) is 14.1. The molecule has 0 N–H and O–H groups in total. The molecule has 0 aromatic carbocycles. The molecule has 2 unspecified atom stereocenters. The van der Waals surface area contributed by atoms with Gasteiger partial charge in [0, 0.05) is 5.75 Å². The third kappa shape index (κ3) is 3.80. The molecule has 2 heterocycles. The molecule has 2 fully saturated rings. The molecule has 2 atom stereocenters. The van der Waals surface area contributed by atoms with Crippen LogP contribution in [0.2, 0.25) is 0 Å². The van der Waals surface area contributed by atoms with Gasteiger partial charge in [-0.05, 0) is 36.6 Å². The van der Waals surface area contributed by atoms with Crippen LogP contribution in [0.25, 0.3) is 0 Å². The van der Waals surface area contributed by atoms with Gasteiger partial charge in [-0.1, -0.05) is 32.3 Å². The van der Waals surface area contributed by atoms with E-state index in [0.717, 1.165) is 19.3 Å². The van der Waals surface area contributed by atoms with Crippen molar-refractivity contribution in [2.45, 2.75) is 56.9 Å². The van der Waals surface area contributed by atoms with Gasteiger partial charge in [-0.3, -0.25) is 4.79 Å². The van der Waals surface area contributed by atoms with Crippen molar-refractivity contribution < 1.29 is 14.3 Å².